The van der Waals surface area contributed by atoms with E-state index in [1.165, 1.54) is 0 Å². The van der Waals surface area contributed by atoms with Crippen molar-refractivity contribution in [3.63, 3.8) is 0 Å². The van der Waals surface area contributed by atoms with Crippen molar-refractivity contribution in [3.8, 4) is 0 Å². The number of benzene rings is 1. The highest BCUT2D eigenvalue weighted by Crippen LogP contribution is 2.28. The fourth-order valence-electron chi connectivity index (χ4n) is 4.70. The normalized spacial score (nSPS) is 21.7. The fourth-order valence-corrected chi connectivity index (χ4v) is 4.82. The largest absolute Gasteiger partial charge is 0.368 e. The smallest absolute Gasteiger partial charge is 0.255 e. The second kappa shape index (κ2) is 8.52. The number of amides is 3. The van der Waals surface area contributed by atoms with Crippen molar-refractivity contribution < 1.29 is 14.4 Å². The monoisotopic (exact) mass is 453 g/mol. The van der Waals surface area contributed by atoms with E-state index in [2.05, 4.69) is 26.2 Å². The number of nitrogens with zero attached hydrogens (tertiary/aromatic N) is 4. The Bertz CT molecular complexity index is 1070. The van der Waals surface area contributed by atoms with Crippen LogP contribution in [-0.2, 0) is 22.7 Å². The molecule has 0 radical (unpaired) electrons. The molecule has 1 unspecified atom stereocenters. The maximum absolute atomic E-state index is 12.8. The number of halogens is 1. The Morgan fingerprint density at radius 1 is 1.06 bits per heavy atom. The number of hydrogen-bond donors (Lipinski definition) is 1. The van der Waals surface area contributed by atoms with Gasteiger partial charge >= 0.3 is 0 Å². The quantitative estimate of drug-likeness (QED) is 0.561. The third kappa shape index (κ3) is 4.08. The van der Waals surface area contributed by atoms with Gasteiger partial charge in [0, 0.05) is 51.3 Å². The number of pyridine rings is 1. The Hall–Kier alpha value is -2.97. The van der Waals surface area contributed by atoms with Crippen molar-refractivity contribution in [2.24, 2.45) is 0 Å². The molecule has 1 N–H and O–H groups in total. The second-order valence-corrected chi connectivity index (χ2v) is 8.88. The van der Waals surface area contributed by atoms with Gasteiger partial charge in [-0.1, -0.05) is 23.7 Å². The van der Waals surface area contributed by atoms with E-state index < -0.39 is 6.04 Å². The zero-order valence-corrected chi connectivity index (χ0v) is 18.3. The Morgan fingerprint density at radius 2 is 1.88 bits per heavy atom. The lowest BCUT2D eigenvalue weighted by atomic mass is 10.0. The lowest BCUT2D eigenvalue weighted by Gasteiger charge is -2.36. The Balaban J connectivity index is 1.21. The van der Waals surface area contributed by atoms with E-state index in [0.29, 0.717) is 23.7 Å². The number of aromatic nitrogens is 1. The van der Waals surface area contributed by atoms with E-state index in [-0.39, 0.29) is 24.1 Å². The van der Waals surface area contributed by atoms with Crippen LogP contribution in [0.2, 0.25) is 5.15 Å². The van der Waals surface area contributed by atoms with Gasteiger partial charge in [0.1, 0.15) is 11.2 Å². The summed E-state index contributed by atoms with van der Waals surface area (Å²) >= 11 is 5.88. The van der Waals surface area contributed by atoms with E-state index >= 15 is 0 Å². The molecule has 1 aromatic heterocycles. The van der Waals surface area contributed by atoms with Gasteiger partial charge in [-0.15, -0.1) is 0 Å². The molecule has 3 aliphatic rings. The average Bonchev–Trinajstić information content (AvgIpc) is 3.10. The molecule has 32 heavy (non-hydrogen) atoms. The highest BCUT2D eigenvalue weighted by atomic mass is 35.5. The Kier molecular flexibility index (Phi) is 5.57. The summed E-state index contributed by atoms with van der Waals surface area (Å²) in [6, 6.07) is 9.18. The van der Waals surface area contributed by atoms with Crippen molar-refractivity contribution >= 4 is 35.0 Å². The van der Waals surface area contributed by atoms with Crippen LogP contribution in [0.3, 0.4) is 0 Å². The van der Waals surface area contributed by atoms with Crippen LogP contribution < -0.4 is 10.2 Å². The first-order valence-corrected chi connectivity index (χ1v) is 11.2. The molecule has 8 nitrogen and oxygen atoms in total. The molecule has 5 rings (SSSR count). The number of piperazine rings is 1. The molecular formula is C23H24ClN5O3. The molecule has 0 bridgehead atoms. The third-order valence-electron chi connectivity index (χ3n) is 6.44. The minimum absolute atomic E-state index is 0.133. The summed E-state index contributed by atoms with van der Waals surface area (Å²) in [5.74, 6) is -0.784. The summed E-state index contributed by atoms with van der Waals surface area (Å²) in [4.78, 5) is 47.0. The molecule has 2 aromatic rings. The van der Waals surface area contributed by atoms with Gasteiger partial charge in [-0.3, -0.25) is 24.6 Å². The van der Waals surface area contributed by atoms with Crippen molar-refractivity contribution in [2.45, 2.75) is 32.0 Å². The van der Waals surface area contributed by atoms with Gasteiger partial charge in [0.25, 0.3) is 5.91 Å². The van der Waals surface area contributed by atoms with Crippen molar-refractivity contribution in [3.05, 3.63) is 58.4 Å². The van der Waals surface area contributed by atoms with E-state index in [9.17, 15) is 14.4 Å². The predicted octanol–water partition coefficient (Wildman–Crippen LogP) is 1.82. The minimum Gasteiger partial charge on any atom is -0.368 e. The lowest BCUT2D eigenvalue weighted by molar-refractivity contribution is -0.136. The number of piperidine rings is 1. The van der Waals surface area contributed by atoms with Gasteiger partial charge in [-0.05, 0) is 35.7 Å². The van der Waals surface area contributed by atoms with Gasteiger partial charge in [-0.2, -0.15) is 0 Å². The summed E-state index contributed by atoms with van der Waals surface area (Å²) in [6.07, 6.45) is 2.45. The van der Waals surface area contributed by atoms with Crippen LogP contribution in [0.1, 0.15) is 34.3 Å². The summed E-state index contributed by atoms with van der Waals surface area (Å²) in [5, 5.41) is 2.84. The number of hydrogen-bond acceptors (Lipinski definition) is 6. The zero-order chi connectivity index (χ0) is 22.2. The summed E-state index contributed by atoms with van der Waals surface area (Å²) in [6.45, 7) is 4.91. The van der Waals surface area contributed by atoms with Crippen LogP contribution in [0.15, 0.2) is 36.5 Å². The van der Waals surface area contributed by atoms with Gasteiger partial charge < -0.3 is 9.80 Å². The molecule has 4 heterocycles. The first-order chi connectivity index (χ1) is 15.5. The number of carbonyl (C=O) groups excluding carboxylic acids is 3. The van der Waals surface area contributed by atoms with Gasteiger partial charge in [0.2, 0.25) is 11.8 Å². The standard InChI is InChI=1S/C23H24ClN5O3/c24-20-5-2-17(12-25-20)28-9-7-27(8-10-28)13-15-1-3-18-16(11-15)14-29(23(18)32)19-4-6-21(30)26-22(19)31/h1-3,5,11-12,19H,4,6-10,13-14H2,(H,26,30,31). The first-order valence-electron chi connectivity index (χ1n) is 10.8. The third-order valence-corrected chi connectivity index (χ3v) is 6.67. The maximum atomic E-state index is 12.8. The van der Waals surface area contributed by atoms with Gasteiger partial charge in [0.05, 0.1) is 11.9 Å². The van der Waals surface area contributed by atoms with E-state index in [0.717, 1.165) is 49.5 Å². The molecule has 2 fully saturated rings. The highest BCUT2D eigenvalue weighted by molar-refractivity contribution is 6.29. The Labute approximate surface area is 191 Å². The number of rotatable bonds is 4. The van der Waals surface area contributed by atoms with Crippen LogP contribution in [0, 0.1) is 0 Å². The molecule has 3 aliphatic heterocycles. The van der Waals surface area contributed by atoms with Crippen LogP contribution in [-0.4, -0.2) is 64.7 Å². The first kappa shape index (κ1) is 20.9. The van der Waals surface area contributed by atoms with Crippen LogP contribution in [0.5, 0.6) is 0 Å². The van der Waals surface area contributed by atoms with Crippen molar-refractivity contribution in [2.75, 3.05) is 31.1 Å². The number of nitrogens with one attached hydrogen (secondary N) is 1. The summed E-state index contributed by atoms with van der Waals surface area (Å²) < 4.78 is 0. The minimum atomic E-state index is -0.577. The lowest BCUT2D eigenvalue weighted by Crippen LogP contribution is -2.52. The molecule has 166 valence electrons. The number of imide groups is 1. The van der Waals surface area contributed by atoms with Crippen LogP contribution in [0.4, 0.5) is 5.69 Å². The number of fused-ring (bicyclic) bond motifs is 1. The fraction of sp³-hybridized carbons (Fsp3) is 0.391. The van der Waals surface area contributed by atoms with Gasteiger partial charge in [-0.25, -0.2) is 4.98 Å². The van der Waals surface area contributed by atoms with Crippen molar-refractivity contribution in [1.82, 2.24) is 20.1 Å². The summed E-state index contributed by atoms with van der Waals surface area (Å²) in [5.41, 5.74) is 3.84. The SMILES string of the molecule is O=C1CCC(N2Cc3cc(CN4CCN(c5ccc(Cl)nc5)CC4)ccc3C2=O)C(=O)N1. The van der Waals surface area contributed by atoms with E-state index in [1.807, 2.05) is 30.5 Å². The molecule has 2 saturated heterocycles. The van der Waals surface area contributed by atoms with E-state index in [4.69, 9.17) is 11.6 Å². The zero-order valence-electron chi connectivity index (χ0n) is 17.6. The Morgan fingerprint density at radius 3 is 2.59 bits per heavy atom. The number of carbonyl (C=O) groups is 3. The van der Waals surface area contributed by atoms with Gasteiger partial charge in [0.15, 0.2) is 0 Å². The van der Waals surface area contributed by atoms with Crippen molar-refractivity contribution in [1.29, 1.82) is 0 Å². The molecular weight excluding hydrogens is 430 g/mol. The summed E-state index contributed by atoms with van der Waals surface area (Å²) in [7, 11) is 0. The molecule has 0 saturated carbocycles. The van der Waals surface area contributed by atoms with Crippen LogP contribution in [0.25, 0.3) is 0 Å². The molecule has 1 atom stereocenters. The average molecular weight is 454 g/mol. The molecule has 0 spiro atoms. The predicted molar refractivity (Wildman–Crippen MR) is 119 cm³/mol. The molecule has 9 heteroatoms. The molecule has 3 amide bonds. The number of anilines is 1. The molecule has 1 aromatic carbocycles. The molecule has 0 aliphatic carbocycles. The topological polar surface area (TPSA) is 85.9 Å². The van der Waals surface area contributed by atoms with Crippen LogP contribution >= 0.6 is 11.6 Å². The van der Waals surface area contributed by atoms with E-state index in [1.54, 1.807) is 4.90 Å². The second-order valence-electron chi connectivity index (χ2n) is 8.49. The highest BCUT2D eigenvalue weighted by Gasteiger charge is 2.39. The maximum Gasteiger partial charge on any atom is 0.255 e.